The number of amides is 1. The van der Waals surface area contributed by atoms with Crippen molar-refractivity contribution in [3.05, 3.63) is 82.7 Å². The topological polar surface area (TPSA) is 46.9 Å². The van der Waals surface area contributed by atoms with Gasteiger partial charge < -0.3 is 5.32 Å². The Morgan fingerprint density at radius 2 is 1.53 bits per heavy atom. The lowest BCUT2D eigenvalue weighted by Gasteiger charge is -2.15. The van der Waals surface area contributed by atoms with Crippen LogP contribution in [0, 0.1) is 0 Å². The first kappa shape index (κ1) is 25.1. The maximum atomic E-state index is 13.7. The molecule has 0 spiro atoms. The molecule has 0 saturated heterocycles. The van der Waals surface area contributed by atoms with Gasteiger partial charge in [0.15, 0.2) is 5.69 Å². The molecule has 1 N–H and O–H groups in total. The summed E-state index contributed by atoms with van der Waals surface area (Å²) in [6, 6.07) is 7.45. The van der Waals surface area contributed by atoms with E-state index in [1.807, 2.05) is 0 Å². The molecule has 0 saturated carbocycles. The first-order valence-corrected chi connectivity index (χ1v) is 9.45. The van der Waals surface area contributed by atoms with Crippen molar-refractivity contribution < 1.29 is 44.3 Å². The Balaban J connectivity index is 1.86. The van der Waals surface area contributed by atoms with E-state index in [-0.39, 0.29) is 16.7 Å². The van der Waals surface area contributed by atoms with E-state index >= 15 is 0 Å². The maximum absolute atomic E-state index is 13.7. The predicted octanol–water partition coefficient (Wildman–Crippen LogP) is 5.90. The fourth-order valence-corrected chi connectivity index (χ4v) is 3.22. The highest BCUT2D eigenvalue weighted by Crippen LogP contribution is 2.36. The zero-order valence-corrected chi connectivity index (χ0v) is 16.8. The zero-order valence-electron chi connectivity index (χ0n) is 16.8. The molecule has 34 heavy (non-hydrogen) atoms. The number of rotatable bonds is 5. The zero-order chi connectivity index (χ0) is 25.3. The van der Waals surface area contributed by atoms with Crippen molar-refractivity contribution >= 4 is 5.91 Å². The molecule has 4 nitrogen and oxygen atoms in total. The van der Waals surface area contributed by atoms with Gasteiger partial charge in [0.1, 0.15) is 0 Å². The van der Waals surface area contributed by atoms with Crippen LogP contribution in [0.4, 0.5) is 39.5 Å². The highest BCUT2D eigenvalue weighted by molar-refractivity contribution is 5.95. The van der Waals surface area contributed by atoms with Gasteiger partial charge >= 0.3 is 18.5 Å². The third kappa shape index (κ3) is 5.51. The van der Waals surface area contributed by atoms with Gasteiger partial charge in [0.25, 0.3) is 5.91 Å². The summed E-state index contributed by atoms with van der Waals surface area (Å²) in [5.74, 6) is -1.30. The highest BCUT2D eigenvalue weighted by atomic mass is 19.4. The van der Waals surface area contributed by atoms with Gasteiger partial charge in [-0.2, -0.15) is 44.6 Å². The lowest BCUT2D eigenvalue weighted by atomic mass is 10.0. The van der Waals surface area contributed by atoms with Crippen LogP contribution in [-0.2, 0) is 24.9 Å². The first-order chi connectivity index (χ1) is 15.7. The predicted molar refractivity (Wildman–Crippen MR) is 101 cm³/mol. The van der Waals surface area contributed by atoms with Crippen LogP contribution >= 0.6 is 0 Å². The Labute approximate surface area is 186 Å². The lowest BCUT2D eigenvalue weighted by Crippen LogP contribution is -2.28. The molecule has 0 atom stereocenters. The number of carbonyl (C=O) groups is 1. The summed E-state index contributed by atoms with van der Waals surface area (Å²) < 4.78 is 119. The number of aromatic nitrogens is 2. The molecular formula is C21H14F9N3O. The van der Waals surface area contributed by atoms with E-state index in [0.717, 1.165) is 18.2 Å². The number of alkyl halides is 9. The Kier molecular flexibility index (Phi) is 6.67. The van der Waals surface area contributed by atoms with Crippen molar-refractivity contribution in [2.45, 2.75) is 24.9 Å². The maximum Gasteiger partial charge on any atom is 0.434 e. The monoisotopic (exact) mass is 495 g/mol. The second kappa shape index (κ2) is 9.03. The molecule has 1 heterocycles. The van der Waals surface area contributed by atoms with Crippen molar-refractivity contribution in [2.24, 2.45) is 0 Å². The van der Waals surface area contributed by atoms with Crippen LogP contribution in [0.3, 0.4) is 0 Å². The van der Waals surface area contributed by atoms with E-state index in [4.69, 9.17) is 0 Å². The summed E-state index contributed by atoms with van der Waals surface area (Å²) in [6.07, 6.45) is -14.5. The van der Waals surface area contributed by atoms with Crippen LogP contribution in [0.1, 0.15) is 32.7 Å². The minimum Gasteiger partial charge on any atom is -0.352 e. The molecule has 2 aromatic carbocycles. The molecule has 0 aliphatic rings. The van der Waals surface area contributed by atoms with Crippen molar-refractivity contribution in [1.82, 2.24) is 15.1 Å². The van der Waals surface area contributed by atoms with Crippen LogP contribution in [-0.4, -0.2) is 22.2 Å². The van der Waals surface area contributed by atoms with Crippen LogP contribution in [0.25, 0.3) is 5.69 Å². The van der Waals surface area contributed by atoms with Crippen LogP contribution < -0.4 is 5.32 Å². The van der Waals surface area contributed by atoms with E-state index in [1.165, 1.54) is 18.2 Å². The molecule has 0 bridgehead atoms. The van der Waals surface area contributed by atoms with E-state index in [1.54, 1.807) is 0 Å². The summed E-state index contributed by atoms with van der Waals surface area (Å²) >= 11 is 0. The van der Waals surface area contributed by atoms with Gasteiger partial charge in [-0.05, 0) is 36.2 Å². The highest BCUT2D eigenvalue weighted by Gasteiger charge is 2.41. The third-order valence-electron chi connectivity index (χ3n) is 4.70. The Morgan fingerprint density at radius 1 is 0.853 bits per heavy atom. The van der Waals surface area contributed by atoms with E-state index < -0.39 is 59.1 Å². The summed E-state index contributed by atoms with van der Waals surface area (Å²) in [5.41, 5.74) is -5.54. The van der Waals surface area contributed by atoms with Crippen molar-refractivity contribution in [1.29, 1.82) is 0 Å². The fraction of sp³-hybridized carbons (Fsp3) is 0.238. The number of nitrogens with zero attached hydrogens (tertiary/aromatic N) is 2. The normalized spacial score (nSPS) is 12.6. The Hall–Kier alpha value is -3.51. The molecule has 1 amide bonds. The van der Waals surface area contributed by atoms with Gasteiger partial charge in [-0.1, -0.05) is 24.3 Å². The average molecular weight is 495 g/mol. The summed E-state index contributed by atoms with van der Waals surface area (Å²) in [4.78, 5) is 12.4. The van der Waals surface area contributed by atoms with Crippen molar-refractivity contribution in [3.8, 4) is 5.69 Å². The number of carbonyl (C=O) groups excluding carboxylic acids is 1. The fourth-order valence-electron chi connectivity index (χ4n) is 3.22. The van der Waals surface area contributed by atoms with Gasteiger partial charge in [-0.25, -0.2) is 4.68 Å². The van der Waals surface area contributed by atoms with Crippen molar-refractivity contribution in [3.63, 3.8) is 0 Å². The van der Waals surface area contributed by atoms with Gasteiger partial charge in [0, 0.05) is 6.54 Å². The molecular weight excluding hydrogens is 481 g/mol. The summed E-state index contributed by atoms with van der Waals surface area (Å²) in [7, 11) is 0. The molecule has 0 unspecified atom stereocenters. The number of hydrogen-bond donors (Lipinski definition) is 1. The second-order valence-electron chi connectivity index (χ2n) is 7.03. The standard InChI is InChI=1S/C21H14F9N3O/c22-19(23,24)13-5-3-6-14(10-13)33-17(21(28,29)30)15(11-32-33)18(34)31-9-8-12-4-1-2-7-16(12)20(25,26)27/h1-7,10-11H,8-9H2,(H,31,34). The quantitative estimate of drug-likeness (QED) is 0.448. The van der Waals surface area contributed by atoms with Crippen LogP contribution in [0.5, 0.6) is 0 Å². The summed E-state index contributed by atoms with van der Waals surface area (Å²) in [6.45, 7) is -0.433. The Morgan fingerprint density at radius 3 is 2.15 bits per heavy atom. The van der Waals surface area contributed by atoms with E-state index in [0.29, 0.717) is 18.3 Å². The first-order valence-electron chi connectivity index (χ1n) is 9.45. The lowest BCUT2D eigenvalue weighted by molar-refractivity contribution is -0.143. The molecule has 3 aromatic rings. The van der Waals surface area contributed by atoms with Crippen LogP contribution in [0.15, 0.2) is 54.7 Å². The van der Waals surface area contributed by atoms with Gasteiger partial charge in [-0.15, -0.1) is 0 Å². The number of halogens is 9. The van der Waals surface area contributed by atoms with Gasteiger partial charge in [0.05, 0.1) is 28.6 Å². The molecule has 1 aromatic heterocycles. The smallest absolute Gasteiger partial charge is 0.352 e. The molecule has 182 valence electrons. The van der Waals surface area contributed by atoms with Crippen molar-refractivity contribution in [2.75, 3.05) is 6.54 Å². The second-order valence-corrected chi connectivity index (χ2v) is 7.03. The number of nitrogens with one attached hydrogen (secondary N) is 1. The third-order valence-corrected chi connectivity index (χ3v) is 4.70. The molecule has 0 radical (unpaired) electrons. The van der Waals surface area contributed by atoms with E-state index in [2.05, 4.69) is 10.4 Å². The van der Waals surface area contributed by atoms with Gasteiger partial charge in [0.2, 0.25) is 0 Å². The number of hydrogen-bond acceptors (Lipinski definition) is 2. The molecule has 0 aliphatic carbocycles. The molecule has 3 rings (SSSR count). The van der Waals surface area contributed by atoms with Gasteiger partial charge in [-0.3, -0.25) is 4.79 Å². The Bertz CT molecular complexity index is 1180. The summed E-state index contributed by atoms with van der Waals surface area (Å²) in [5, 5.41) is 5.53. The molecule has 0 aliphatic heterocycles. The van der Waals surface area contributed by atoms with E-state index in [9.17, 15) is 44.3 Å². The minimum absolute atomic E-state index is 0.156. The molecule has 13 heteroatoms. The SMILES string of the molecule is O=C(NCCc1ccccc1C(F)(F)F)c1cnn(-c2cccc(C(F)(F)F)c2)c1C(F)(F)F. The largest absolute Gasteiger partial charge is 0.434 e. The molecule has 0 fully saturated rings. The van der Waals surface area contributed by atoms with Crippen LogP contribution in [0.2, 0.25) is 0 Å². The average Bonchev–Trinajstić information content (AvgIpc) is 3.19. The number of benzene rings is 2. The minimum atomic E-state index is -5.18.